The molecule has 1 aliphatic heterocycles. The fourth-order valence-electron chi connectivity index (χ4n) is 2.72. The van der Waals surface area contributed by atoms with Gasteiger partial charge in [-0.05, 0) is 24.1 Å². The molecule has 0 radical (unpaired) electrons. The minimum Gasteiger partial charge on any atom is -0.395 e. The Morgan fingerprint density at radius 3 is 2.45 bits per heavy atom. The van der Waals surface area contributed by atoms with Crippen molar-refractivity contribution in [3.8, 4) is 22.6 Å². The summed E-state index contributed by atoms with van der Waals surface area (Å²) in [4.78, 5) is 23.9. The molecule has 13 heteroatoms. The molecule has 2 heterocycles. The number of nitrogens with zero attached hydrogens (tertiary/aromatic N) is 1. The highest BCUT2D eigenvalue weighted by Gasteiger charge is 2.43. The Bertz CT molecular complexity index is 1080. The van der Waals surface area contributed by atoms with Crippen LogP contribution in [0.1, 0.15) is 20.3 Å². The smallest absolute Gasteiger partial charge is 0.395 e. The largest absolute Gasteiger partial charge is 0.586 e. The van der Waals surface area contributed by atoms with Crippen LogP contribution in [0.4, 0.5) is 13.2 Å². The topological polar surface area (TPSA) is 124 Å². The molecule has 0 unspecified atom stereocenters. The van der Waals surface area contributed by atoms with Gasteiger partial charge in [0, 0.05) is 29.8 Å². The first-order valence-corrected chi connectivity index (χ1v) is 9.27. The average molecular weight is 462 g/mol. The Morgan fingerprint density at radius 2 is 1.84 bits per heavy atom. The van der Waals surface area contributed by atoms with E-state index in [1.807, 2.05) is 0 Å². The van der Waals surface area contributed by atoms with Gasteiger partial charge in [-0.3, -0.25) is 14.8 Å². The number of aromatic nitrogens is 1. The van der Waals surface area contributed by atoms with Gasteiger partial charge in [0.15, 0.2) is 11.5 Å². The van der Waals surface area contributed by atoms with E-state index >= 15 is 0 Å². The van der Waals surface area contributed by atoms with Crippen molar-refractivity contribution < 1.29 is 41.1 Å². The van der Waals surface area contributed by atoms with E-state index in [9.17, 15) is 22.8 Å². The summed E-state index contributed by atoms with van der Waals surface area (Å²) in [5.74, 6) is -1.83. The molecular weight excluding hydrogens is 445 g/mol. The van der Waals surface area contributed by atoms with Crippen LogP contribution in [0.3, 0.4) is 0 Å². The number of amides is 1. The number of fused-ring (bicyclic) bond motifs is 1. The number of hydrogen-bond donors (Lipinski definition) is 2. The quantitative estimate of drug-likeness (QED) is 0.516. The number of ether oxygens (including phenoxy) is 2. The summed E-state index contributed by atoms with van der Waals surface area (Å²) >= 11 is -0.750. The predicted octanol–water partition coefficient (Wildman–Crippen LogP) is 2.23. The molecule has 9 nitrogen and oxygen atoms in total. The van der Waals surface area contributed by atoms with Crippen molar-refractivity contribution >= 4 is 17.5 Å². The first-order valence-electron chi connectivity index (χ1n) is 8.60. The van der Waals surface area contributed by atoms with Crippen molar-refractivity contribution in [2.45, 2.75) is 33.1 Å². The number of nitrogens with one attached hydrogen (secondary N) is 1. The van der Waals surface area contributed by atoms with Crippen molar-refractivity contribution in [1.82, 2.24) is 10.0 Å². The standard InChI is InChI=1S/C18H17F3N2O5.O2S/c1-17(2,16(25)22-26)5-6-23-9-12(19)11(8-15(23)24)10-3-4-13-14(7-10)28-18(20,21)27-13;1-3-2/h3-4,7-9,26H,5-6H2,1-2H3,(H,22,25);. The van der Waals surface area contributed by atoms with Gasteiger partial charge in [0.25, 0.3) is 5.56 Å². The van der Waals surface area contributed by atoms with Crippen LogP contribution in [-0.2, 0) is 22.9 Å². The van der Waals surface area contributed by atoms with Crippen molar-refractivity contribution in [3.63, 3.8) is 0 Å². The Balaban J connectivity index is 0.00000107. The Morgan fingerprint density at radius 1 is 1.23 bits per heavy atom. The number of alkyl halides is 2. The number of carbonyl (C=O) groups is 1. The number of rotatable bonds is 5. The highest BCUT2D eigenvalue weighted by atomic mass is 32.1. The maximum absolute atomic E-state index is 14.6. The molecule has 0 aliphatic carbocycles. The van der Waals surface area contributed by atoms with E-state index < -0.39 is 40.6 Å². The van der Waals surface area contributed by atoms with Crippen LogP contribution in [0.2, 0.25) is 0 Å². The summed E-state index contributed by atoms with van der Waals surface area (Å²) in [6, 6.07) is 4.73. The molecule has 0 bridgehead atoms. The van der Waals surface area contributed by atoms with Gasteiger partial charge in [-0.15, -0.1) is 8.78 Å². The Hall–Kier alpha value is -3.19. The minimum absolute atomic E-state index is 0.0316. The normalized spacial score (nSPS) is 13.7. The lowest BCUT2D eigenvalue weighted by Gasteiger charge is -2.22. The van der Waals surface area contributed by atoms with E-state index in [1.165, 1.54) is 12.1 Å². The second-order valence-electron chi connectivity index (χ2n) is 7.04. The molecule has 1 aromatic heterocycles. The van der Waals surface area contributed by atoms with E-state index in [0.29, 0.717) is 0 Å². The molecule has 1 aromatic carbocycles. The number of hydroxylamine groups is 1. The zero-order chi connectivity index (χ0) is 23.4. The molecule has 1 amide bonds. The van der Waals surface area contributed by atoms with Crippen LogP contribution in [0.25, 0.3) is 11.1 Å². The lowest BCUT2D eigenvalue weighted by molar-refractivity contribution is -0.286. The van der Waals surface area contributed by atoms with Gasteiger partial charge in [0.1, 0.15) is 5.82 Å². The molecule has 168 valence electrons. The number of hydrogen-bond acceptors (Lipinski definition) is 7. The Kier molecular flexibility index (Phi) is 7.23. The summed E-state index contributed by atoms with van der Waals surface area (Å²) in [6.07, 6.45) is -2.66. The summed E-state index contributed by atoms with van der Waals surface area (Å²) < 4.78 is 67.1. The van der Waals surface area contributed by atoms with Gasteiger partial charge >= 0.3 is 17.9 Å². The highest BCUT2D eigenvalue weighted by Crippen LogP contribution is 2.43. The Labute approximate surface area is 177 Å². The van der Waals surface area contributed by atoms with Gasteiger partial charge in [0.05, 0.1) is 0 Å². The summed E-state index contributed by atoms with van der Waals surface area (Å²) in [6.45, 7) is 3.16. The molecule has 0 saturated heterocycles. The van der Waals surface area contributed by atoms with Gasteiger partial charge in [-0.1, -0.05) is 19.9 Å². The number of pyridine rings is 1. The second-order valence-corrected chi connectivity index (χ2v) is 7.17. The highest BCUT2D eigenvalue weighted by molar-refractivity contribution is 7.51. The number of aryl methyl sites for hydroxylation is 1. The fourth-order valence-corrected chi connectivity index (χ4v) is 2.72. The van der Waals surface area contributed by atoms with Crippen molar-refractivity contribution in [2.24, 2.45) is 5.41 Å². The van der Waals surface area contributed by atoms with Crippen LogP contribution < -0.4 is 20.5 Å². The summed E-state index contributed by atoms with van der Waals surface area (Å²) in [5.41, 5.74) is 0.107. The summed E-state index contributed by atoms with van der Waals surface area (Å²) in [5, 5.41) is 8.73. The molecule has 3 rings (SSSR count). The van der Waals surface area contributed by atoms with E-state index in [0.717, 1.165) is 22.9 Å². The first-order chi connectivity index (χ1) is 14.4. The van der Waals surface area contributed by atoms with E-state index in [2.05, 4.69) is 9.47 Å². The van der Waals surface area contributed by atoms with Crippen LogP contribution in [-0.4, -0.2) is 30.4 Å². The van der Waals surface area contributed by atoms with E-state index in [1.54, 1.807) is 19.3 Å². The number of halogens is 3. The second kappa shape index (κ2) is 9.31. The molecule has 0 spiro atoms. The lowest BCUT2D eigenvalue weighted by atomic mass is 9.88. The SMILES string of the molecule is CC(C)(CCn1cc(F)c(-c2ccc3c(c2)OC(F)(F)O3)cc1=O)C(=O)NO.O=S=O. The third-order valence-electron chi connectivity index (χ3n) is 4.48. The van der Waals surface area contributed by atoms with Crippen LogP contribution in [0, 0.1) is 11.2 Å². The molecule has 2 N–H and O–H groups in total. The minimum atomic E-state index is -3.80. The molecule has 0 saturated carbocycles. The molecule has 1 aliphatic rings. The van der Waals surface area contributed by atoms with Gasteiger partial charge < -0.3 is 14.0 Å². The maximum atomic E-state index is 14.6. The van der Waals surface area contributed by atoms with Crippen molar-refractivity contribution in [2.75, 3.05) is 0 Å². The number of carbonyl (C=O) groups excluding carboxylic acids is 1. The van der Waals surface area contributed by atoms with Crippen molar-refractivity contribution in [3.05, 3.63) is 46.6 Å². The van der Waals surface area contributed by atoms with Crippen LogP contribution in [0.15, 0.2) is 35.3 Å². The lowest BCUT2D eigenvalue weighted by Crippen LogP contribution is -2.36. The molecule has 31 heavy (non-hydrogen) atoms. The predicted molar refractivity (Wildman–Crippen MR) is 99.5 cm³/mol. The zero-order valence-electron chi connectivity index (χ0n) is 16.2. The zero-order valence-corrected chi connectivity index (χ0v) is 17.0. The maximum Gasteiger partial charge on any atom is 0.586 e. The van der Waals surface area contributed by atoms with Gasteiger partial charge in [-0.2, -0.15) is 8.42 Å². The molecule has 0 fully saturated rings. The van der Waals surface area contributed by atoms with Crippen LogP contribution >= 0.6 is 0 Å². The van der Waals surface area contributed by atoms with Crippen molar-refractivity contribution in [1.29, 1.82) is 0 Å². The number of benzene rings is 1. The fraction of sp³-hybridized carbons (Fsp3) is 0.333. The van der Waals surface area contributed by atoms with E-state index in [-0.39, 0.29) is 35.6 Å². The van der Waals surface area contributed by atoms with Crippen LogP contribution in [0.5, 0.6) is 11.5 Å². The molecule has 2 aromatic rings. The van der Waals surface area contributed by atoms with Gasteiger partial charge in [-0.25, -0.2) is 9.87 Å². The van der Waals surface area contributed by atoms with Gasteiger partial charge in [0.2, 0.25) is 5.91 Å². The molecule has 0 atom stereocenters. The molecular formula is C18H17F3N2O7S. The van der Waals surface area contributed by atoms with E-state index in [4.69, 9.17) is 13.6 Å². The monoisotopic (exact) mass is 462 g/mol. The third-order valence-corrected chi connectivity index (χ3v) is 4.48. The third kappa shape index (κ3) is 5.70. The summed E-state index contributed by atoms with van der Waals surface area (Å²) in [7, 11) is 0. The average Bonchev–Trinajstić information content (AvgIpc) is 3.01. The first kappa shape index (κ1) is 24.1.